The molecule has 1 aromatic carbocycles. The number of hydrogen-bond acceptors (Lipinski definition) is 3. The van der Waals surface area contributed by atoms with Gasteiger partial charge in [0.05, 0.1) is 0 Å². The molecule has 1 unspecified atom stereocenters. The zero-order valence-corrected chi connectivity index (χ0v) is 11.8. The molecule has 0 heterocycles. The van der Waals surface area contributed by atoms with E-state index in [-0.39, 0.29) is 17.8 Å². The van der Waals surface area contributed by atoms with Crippen LogP contribution in [0.4, 0.5) is 23.7 Å². The number of benzene rings is 1. The van der Waals surface area contributed by atoms with Gasteiger partial charge in [0, 0.05) is 18.8 Å². The smallest absolute Gasteiger partial charge is 0.406 e. The number of amides is 2. The van der Waals surface area contributed by atoms with E-state index in [0.717, 1.165) is 12.1 Å². The molecule has 0 spiro atoms. The number of rotatable bonds is 5. The molecule has 21 heavy (non-hydrogen) atoms. The van der Waals surface area contributed by atoms with Crippen molar-refractivity contribution < 1.29 is 22.7 Å². The molecule has 3 N–H and O–H groups in total. The first-order valence-corrected chi connectivity index (χ1v) is 6.32. The Bertz CT molecular complexity index is 463. The number of nitrogens with one attached hydrogen (secondary N) is 1. The van der Waals surface area contributed by atoms with Crippen LogP contribution in [0.5, 0.6) is 5.75 Å². The van der Waals surface area contributed by atoms with Crippen LogP contribution in [0.3, 0.4) is 0 Å². The highest BCUT2D eigenvalue weighted by atomic mass is 19.4. The molecule has 118 valence electrons. The van der Waals surface area contributed by atoms with Gasteiger partial charge >= 0.3 is 12.4 Å². The topological polar surface area (TPSA) is 67.6 Å². The molecule has 1 aromatic rings. The van der Waals surface area contributed by atoms with Crippen LogP contribution in [-0.2, 0) is 0 Å². The van der Waals surface area contributed by atoms with E-state index >= 15 is 0 Å². The Morgan fingerprint density at radius 2 is 1.95 bits per heavy atom. The van der Waals surface area contributed by atoms with Crippen molar-refractivity contribution in [3.05, 3.63) is 24.3 Å². The first-order chi connectivity index (χ1) is 9.73. The van der Waals surface area contributed by atoms with Crippen molar-refractivity contribution in [2.45, 2.75) is 25.7 Å². The maximum absolute atomic E-state index is 12.0. The fourth-order valence-corrected chi connectivity index (χ4v) is 1.59. The molecular weight excluding hydrogens is 287 g/mol. The van der Waals surface area contributed by atoms with Crippen molar-refractivity contribution in [1.82, 2.24) is 4.90 Å². The highest BCUT2D eigenvalue weighted by molar-refractivity contribution is 5.89. The number of halogens is 3. The maximum atomic E-state index is 12.0. The van der Waals surface area contributed by atoms with Gasteiger partial charge in [-0.1, -0.05) is 0 Å². The van der Waals surface area contributed by atoms with Gasteiger partial charge in [-0.15, -0.1) is 13.2 Å². The van der Waals surface area contributed by atoms with Gasteiger partial charge in [-0.05, 0) is 44.2 Å². The lowest BCUT2D eigenvalue weighted by Gasteiger charge is -2.24. The third-order valence-electron chi connectivity index (χ3n) is 2.91. The molecule has 2 amide bonds. The van der Waals surface area contributed by atoms with E-state index in [4.69, 9.17) is 5.73 Å². The zero-order chi connectivity index (χ0) is 16.0. The number of nitrogens with zero attached hydrogens (tertiary/aromatic N) is 1. The molecule has 1 atom stereocenters. The minimum absolute atomic E-state index is 0.0390. The number of nitrogens with two attached hydrogens (primary N) is 1. The van der Waals surface area contributed by atoms with Gasteiger partial charge in [-0.25, -0.2) is 4.79 Å². The van der Waals surface area contributed by atoms with Crippen molar-refractivity contribution in [1.29, 1.82) is 0 Å². The first-order valence-electron chi connectivity index (χ1n) is 6.32. The molecule has 8 heteroatoms. The van der Waals surface area contributed by atoms with Crippen molar-refractivity contribution in [2.75, 3.05) is 18.9 Å². The number of carbonyl (C=O) groups is 1. The van der Waals surface area contributed by atoms with Gasteiger partial charge in [-0.2, -0.15) is 0 Å². The number of carbonyl (C=O) groups excluding carboxylic acids is 1. The van der Waals surface area contributed by atoms with E-state index in [0.29, 0.717) is 18.7 Å². The second-order valence-electron chi connectivity index (χ2n) is 4.54. The molecule has 0 saturated carbocycles. The van der Waals surface area contributed by atoms with Gasteiger partial charge < -0.3 is 20.7 Å². The van der Waals surface area contributed by atoms with Gasteiger partial charge in [-0.3, -0.25) is 0 Å². The number of urea groups is 1. The molecule has 0 aliphatic rings. The number of ether oxygens (including phenoxy) is 1. The average molecular weight is 305 g/mol. The highest BCUT2D eigenvalue weighted by Crippen LogP contribution is 2.24. The SMILES string of the molecule is CC(CCN)N(C)C(=O)Nc1ccc(OC(F)(F)F)cc1. The van der Waals surface area contributed by atoms with Crippen LogP contribution in [0.1, 0.15) is 13.3 Å². The summed E-state index contributed by atoms with van der Waals surface area (Å²) in [6.45, 7) is 2.31. The van der Waals surface area contributed by atoms with Crippen molar-refractivity contribution in [3.8, 4) is 5.75 Å². The maximum Gasteiger partial charge on any atom is 0.573 e. The molecule has 5 nitrogen and oxygen atoms in total. The summed E-state index contributed by atoms with van der Waals surface area (Å²) >= 11 is 0. The fraction of sp³-hybridized carbons (Fsp3) is 0.462. The predicted molar refractivity (Wildman–Crippen MR) is 73.0 cm³/mol. The van der Waals surface area contributed by atoms with Gasteiger partial charge in [0.2, 0.25) is 0 Å². The standard InChI is InChI=1S/C13H18F3N3O2/c1-9(7-8-17)19(2)12(20)18-10-3-5-11(6-4-10)21-13(14,15)16/h3-6,9H,7-8,17H2,1-2H3,(H,18,20). The summed E-state index contributed by atoms with van der Waals surface area (Å²) in [5.41, 5.74) is 5.80. The van der Waals surface area contributed by atoms with E-state index in [9.17, 15) is 18.0 Å². The summed E-state index contributed by atoms with van der Waals surface area (Å²) < 4.78 is 39.8. The quantitative estimate of drug-likeness (QED) is 0.879. The monoisotopic (exact) mass is 305 g/mol. The number of alkyl halides is 3. The molecule has 0 fully saturated rings. The molecule has 0 radical (unpaired) electrons. The van der Waals surface area contributed by atoms with Crippen LogP contribution in [0.25, 0.3) is 0 Å². The van der Waals surface area contributed by atoms with Gasteiger partial charge in [0.1, 0.15) is 5.75 Å². The summed E-state index contributed by atoms with van der Waals surface area (Å²) in [6.07, 6.45) is -4.08. The third kappa shape index (κ3) is 5.90. The minimum Gasteiger partial charge on any atom is -0.406 e. The average Bonchev–Trinajstić information content (AvgIpc) is 2.38. The van der Waals surface area contributed by atoms with E-state index in [1.54, 1.807) is 7.05 Å². The molecule has 0 saturated heterocycles. The highest BCUT2D eigenvalue weighted by Gasteiger charge is 2.31. The molecule has 0 aromatic heterocycles. The first kappa shape index (κ1) is 17.1. The summed E-state index contributed by atoms with van der Waals surface area (Å²) in [6, 6.07) is 4.53. The van der Waals surface area contributed by atoms with E-state index in [2.05, 4.69) is 10.1 Å². The van der Waals surface area contributed by atoms with Crippen LogP contribution in [0, 0.1) is 0 Å². The Balaban J connectivity index is 2.61. The Labute approximate surface area is 120 Å². The summed E-state index contributed by atoms with van der Waals surface area (Å²) in [5.74, 6) is -0.342. The van der Waals surface area contributed by atoms with E-state index in [1.165, 1.54) is 17.0 Å². The van der Waals surface area contributed by atoms with E-state index < -0.39 is 6.36 Å². The van der Waals surface area contributed by atoms with Crippen molar-refractivity contribution in [2.24, 2.45) is 5.73 Å². The molecule has 0 aliphatic carbocycles. The van der Waals surface area contributed by atoms with Gasteiger partial charge in [0.25, 0.3) is 0 Å². The van der Waals surface area contributed by atoms with Crippen LogP contribution >= 0.6 is 0 Å². The Morgan fingerprint density at radius 1 is 1.38 bits per heavy atom. The summed E-state index contributed by atoms with van der Waals surface area (Å²) in [7, 11) is 1.62. The lowest BCUT2D eigenvalue weighted by atomic mass is 10.2. The molecule has 0 bridgehead atoms. The minimum atomic E-state index is -4.73. The predicted octanol–water partition coefficient (Wildman–Crippen LogP) is 2.79. The molecule has 1 rings (SSSR count). The number of hydrogen-bond donors (Lipinski definition) is 2. The molecular formula is C13H18F3N3O2. The Kier molecular flexibility index (Phi) is 5.83. The third-order valence-corrected chi connectivity index (χ3v) is 2.91. The van der Waals surface area contributed by atoms with Crippen LogP contribution in [0.15, 0.2) is 24.3 Å². The largest absolute Gasteiger partial charge is 0.573 e. The normalized spacial score (nSPS) is 12.7. The summed E-state index contributed by atoms with van der Waals surface area (Å²) in [4.78, 5) is 13.4. The van der Waals surface area contributed by atoms with Crippen LogP contribution in [-0.4, -0.2) is 36.9 Å². The molecule has 0 aliphatic heterocycles. The second-order valence-corrected chi connectivity index (χ2v) is 4.54. The van der Waals surface area contributed by atoms with E-state index in [1.807, 2.05) is 6.92 Å². The zero-order valence-electron chi connectivity index (χ0n) is 11.8. The lowest BCUT2D eigenvalue weighted by molar-refractivity contribution is -0.274. The summed E-state index contributed by atoms with van der Waals surface area (Å²) in [5, 5.41) is 2.58. The van der Waals surface area contributed by atoms with Gasteiger partial charge in [0.15, 0.2) is 0 Å². The van der Waals surface area contributed by atoms with Crippen LogP contribution in [0.2, 0.25) is 0 Å². The Morgan fingerprint density at radius 3 is 2.43 bits per heavy atom. The van der Waals surface area contributed by atoms with Crippen molar-refractivity contribution in [3.63, 3.8) is 0 Å². The van der Waals surface area contributed by atoms with Crippen LogP contribution < -0.4 is 15.8 Å². The van der Waals surface area contributed by atoms with Crippen molar-refractivity contribution >= 4 is 11.7 Å². The Hall–Kier alpha value is -1.96. The number of anilines is 1. The second kappa shape index (κ2) is 7.16. The lowest BCUT2D eigenvalue weighted by Crippen LogP contribution is -2.39. The fourth-order valence-electron chi connectivity index (χ4n) is 1.59.